The van der Waals surface area contributed by atoms with E-state index in [0.29, 0.717) is 22.8 Å². The van der Waals surface area contributed by atoms with Crippen LogP contribution in [0.15, 0.2) is 22.7 Å². The molecular weight excluding hydrogens is 351 g/mol. The van der Waals surface area contributed by atoms with E-state index >= 15 is 0 Å². The van der Waals surface area contributed by atoms with Crippen LogP contribution in [0, 0.1) is 5.82 Å². The maximum Gasteiger partial charge on any atom is 0.260 e. The number of benzene rings is 1. The van der Waals surface area contributed by atoms with E-state index in [0.717, 1.165) is 13.1 Å². The quantitative estimate of drug-likeness (QED) is 0.834. The molecule has 2 atom stereocenters. The maximum atomic E-state index is 13.0. The molecule has 0 spiro atoms. The van der Waals surface area contributed by atoms with Crippen LogP contribution in [0.5, 0.6) is 5.75 Å². The Hall–Kier alpha value is -1.14. The maximum absolute atomic E-state index is 13.0. The van der Waals surface area contributed by atoms with Gasteiger partial charge in [-0.15, -0.1) is 0 Å². The average Bonchev–Trinajstić information content (AvgIpc) is 3.01. The van der Waals surface area contributed by atoms with E-state index in [1.807, 2.05) is 0 Å². The zero-order valence-electron chi connectivity index (χ0n) is 12.9. The van der Waals surface area contributed by atoms with Gasteiger partial charge in [-0.05, 0) is 73.9 Å². The second kappa shape index (κ2) is 7.92. The highest BCUT2D eigenvalue weighted by molar-refractivity contribution is 9.10. The normalized spacial score (nSPS) is 18.0. The summed E-state index contributed by atoms with van der Waals surface area (Å²) in [6, 6.07) is 4.46. The first-order valence-electron chi connectivity index (χ1n) is 7.61. The second-order valence-corrected chi connectivity index (χ2v) is 6.53. The van der Waals surface area contributed by atoms with Crippen LogP contribution in [0.4, 0.5) is 4.39 Å². The van der Waals surface area contributed by atoms with Crippen molar-refractivity contribution >= 4 is 21.8 Å². The van der Waals surface area contributed by atoms with E-state index in [2.05, 4.69) is 33.1 Å². The summed E-state index contributed by atoms with van der Waals surface area (Å²) < 4.78 is 19.1. The summed E-state index contributed by atoms with van der Waals surface area (Å²) in [5.74, 6) is -0.0605. The number of rotatable bonds is 6. The molecule has 1 saturated heterocycles. The van der Waals surface area contributed by atoms with Crippen LogP contribution in [0.25, 0.3) is 0 Å². The van der Waals surface area contributed by atoms with Crippen molar-refractivity contribution in [3.63, 3.8) is 0 Å². The lowest BCUT2D eigenvalue weighted by Crippen LogP contribution is -2.44. The van der Waals surface area contributed by atoms with Gasteiger partial charge in [0.05, 0.1) is 4.47 Å². The van der Waals surface area contributed by atoms with Crippen molar-refractivity contribution in [1.29, 1.82) is 0 Å². The lowest BCUT2D eigenvalue weighted by molar-refractivity contribution is -0.127. The zero-order valence-corrected chi connectivity index (χ0v) is 14.5. The van der Waals surface area contributed by atoms with Gasteiger partial charge >= 0.3 is 0 Å². The molecule has 1 aliphatic heterocycles. The number of hydrogen-bond donors (Lipinski definition) is 1. The standard InChI is InChI=1S/C16H22BrFN2O2/c1-11(20-7-3-4-8-20)10-19-16(21)12(2)22-15-6-5-13(18)9-14(15)17/h5-6,9,11-12H,3-4,7-8,10H2,1-2H3,(H,19,21)/t11-,12+/m1/s1. The van der Waals surface area contributed by atoms with Gasteiger partial charge in [0.2, 0.25) is 0 Å². The first-order valence-corrected chi connectivity index (χ1v) is 8.40. The average molecular weight is 373 g/mol. The van der Waals surface area contributed by atoms with Crippen LogP contribution in [0.2, 0.25) is 0 Å². The summed E-state index contributed by atoms with van der Waals surface area (Å²) in [7, 11) is 0. The molecule has 22 heavy (non-hydrogen) atoms. The topological polar surface area (TPSA) is 41.6 Å². The highest BCUT2D eigenvalue weighted by Crippen LogP contribution is 2.26. The third-order valence-electron chi connectivity index (χ3n) is 3.90. The Morgan fingerprint density at radius 1 is 1.41 bits per heavy atom. The molecule has 0 saturated carbocycles. The van der Waals surface area contributed by atoms with Gasteiger partial charge < -0.3 is 10.1 Å². The third-order valence-corrected chi connectivity index (χ3v) is 4.52. The Balaban J connectivity index is 1.81. The number of likely N-dealkylation sites (tertiary alicyclic amines) is 1. The largest absolute Gasteiger partial charge is 0.480 e. The van der Waals surface area contributed by atoms with Gasteiger partial charge in [-0.2, -0.15) is 0 Å². The van der Waals surface area contributed by atoms with Crippen LogP contribution >= 0.6 is 15.9 Å². The van der Waals surface area contributed by atoms with Gasteiger partial charge in [-0.25, -0.2) is 4.39 Å². The van der Waals surface area contributed by atoms with E-state index in [-0.39, 0.29) is 11.7 Å². The fourth-order valence-electron chi connectivity index (χ4n) is 2.52. The molecule has 0 aliphatic carbocycles. The predicted octanol–water partition coefficient (Wildman–Crippen LogP) is 2.96. The molecular formula is C16H22BrFN2O2. The van der Waals surface area contributed by atoms with Crippen molar-refractivity contribution in [3.8, 4) is 5.75 Å². The minimum atomic E-state index is -0.632. The van der Waals surface area contributed by atoms with Gasteiger partial charge in [-0.3, -0.25) is 9.69 Å². The van der Waals surface area contributed by atoms with Gasteiger partial charge in [-0.1, -0.05) is 0 Å². The van der Waals surface area contributed by atoms with Crippen molar-refractivity contribution in [2.45, 2.75) is 38.8 Å². The van der Waals surface area contributed by atoms with Crippen LogP contribution in [-0.2, 0) is 4.79 Å². The number of ether oxygens (including phenoxy) is 1. The number of nitrogens with one attached hydrogen (secondary N) is 1. The molecule has 2 rings (SSSR count). The van der Waals surface area contributed by atoms with Crippen LogP contribution in [0.3, 0.4) is 0 Å². The molecule has 122 valence electrons. The molecule has 1 heterocycles. The molecule has 1 N–H and O–H groups in total. The molecule has 0 radical (unpaired) electrons. The Morgan fingerprint density at radius 3 is 2.73 bits per heavy atom. The molecule has 6 heteroatoms. The van der Waals surface area contributed by atoms with E-state index in [9.17, 15) is 9.18 Å². The number of amides is 1. The number of nitrogens with zero attached hydrogens (tertiary/aromatic N) is 1. The number of hydrogen-bond acceptors (Lipinski definition) is 3. The highest BCUT2D eigenvalue weighted by atomic mass is 79.9. The monoisotopic (exact) mass is 372 g/mol. The molecule has 1 aromatic rings. The van der Waals surface area contributed by atoms with E-state index in [4.69, 9.17) is 4.74 Å². The van der Waals surface area contributed by atoms with Crippen molar-refractivity contribution in [2.24, 2.45) is 0 Å². The minimum Gasteiger partial charge on any atom is -0.480 e. The van der Waals surface area contributed by atoms with Crippen molar-refractivity contribution < 1.29 is 13.9 Å². The summed E-state index contributed by atoms with van der Waals surface area (Å²) >= 11 is 3.23. The third kappa shape index (κ3) is 4.68. The first kappa shape index (κ1) is 17.2. The summed E-state index contributed by atoms with van der Waals surface area (Å²) in [6.45, 7) is 6.62. The second-order valence-electron chi connectivity index (χ2n) is 5.67. The van der Waals surface area contributed by atoms with E-state index in [1.165, 1.54) is 31.0 Å². The lowest BCUT2D eigenvalue weighted by atomic mass is 10.2. The van der Waals surface area contributed by atoms with E-state index in [1.54, 1.807) is 6.92 Å². The molecule has 0 bridgehead atoms. The summed E-state index contributed by atoms with van der Waals surface area (Å²) in [5.41, 5.74) is 0. The fraction of sp³-hybridized carbons (Fsp3) is 0.562. The molecule has 1 aromatic carbocycles. The SMILES string of the molecule is C[C@H](Oc1ccc(F)cc1Br)C(=O)NC[C@@H](C)N1CCCC1. The minimum absolute atomic E-state index is 0.165. The molecule has 1 amide bonds. The number of carbonyl (C=O) groups is 1. The van der Waals surface area contributed by atoms with E-state index < -0.39 is 6.10 Å². The Morgan fingerprint density at radius 2 is 2.09 bits per heavy atom. The number of carbonyl (C=O) groups excluding carboxylic acids is 1. The van der Waals surface area contributed by atoms with Crippen molar-refractivity contribution in [1.82, 2.24) is 10.2 Å². The predicted molar refractivity (Wildman–Crippen MR) is 87.5 cm³/mol. The molecule has 1 aliphatic rings. The first-order chi connectivity index (χ1) is 10.5. The van der Waals surface area contributed by atoms with Gasteiger partial charge in [0.15, 0.2) is 6.10 Å². The molecule has 1 fully saturated rings. The van der Waals surface area contributed by atoms with Gasteiger partial charge in [0, 0.05) is 12.6 Å². The Labute approximate surface area is 139 Å². The number of halogens is 2. The van der Waals surface area contributed by atoms with Gasteiger partial charge in [0.1, 0.15) is 11.6 Å². The lowest BCUT2D eigenvalue weighted by Gasteiger charge is -2.24. The smallest absolute Gasteiger partial charge is 0.260 e. The molecule has 0 unspecified atom stereocenters. The summed E-state index contributed by atoms with van der Waals surface area (Å²) in [4.78, 5) is 14.5. The zero-order chi connectivity index (χ0) is 16.1. The molecule has 4 nitrogen and oxygen atoms in total. The van der Waals surface area contributed by atoms with Crippen LogP contribution in [0.1, 0.15) is 26.7 Å². The van der Waals surface area contributed by atoms with Crippen LogP contribution in [-0.4, -0.2) is 42.6 Å². The molecule has 0 aromatic heterocycles. The van der Waals surface area contributed by atoms with Crippen molar-refractivity contribution in [2.75, 3.05) is 19.6 Å². The van der Waals surface area contributed by atoms with Gasteiger partial charge in [0.25, 0.3) is 5.91 Å². The summed E-state index contributed by atoms with van der Waals surface area (Å²) in [5, 5.41) is 2.92. The fourth-order valence-corrected chi connectivity index (χ4v) is 2.96. The highest BCUT2D eigenvalue weighted by Gasteiger charge is 2.21. The Kier molecular flexibility index (Phi) is 6.20. The Bertz CT molecular complexity index is 521. The summed E-state index contributed by atoms with van der Waals surface area (Å²) in [6.07, 6.45) is 1.83. The van der Waals surface area contributed by atoms with Crippen molar-refractivity contribution in [3.05, 3.63) is 28.5 Å². The van der Waals surface area contributed by atoms with Crippen LogP contribution < -0.4 is 10.1 Å².